The summed E-state index contributed by atoms with van der Waals surface area (Å²) in [6.07, 6.45) is 0. The molecular formula is C17H18ClN3O2S. The molecule has 0 unspecified atom stereocenters. The number of amides is 1. The Morgan fingerprint density at radius 1 is 1.29 bits per heavy atom. The summed E-state index contributed by atoms with van der Waals surface area (Å²) in [7, 11) is 1.63. The van der Waals surface area contributed by atoms with Gasteiger partial charge in [0.25, 0.3) is 0 Å². The van der Waals surface area contributed by atoms with Crippen molar-refractivity contribution < 1.29 is 9.53 Å². The van der Waals surface area contributed by atoms with Gasteiger partial charge >= 0.3 is 0 Å². The lowest BCUT2D eigenvalue weighted by atomic mass is 10.2. The molecule has 1 aromatic heterocycles. The van der Waals surface area contributed by atoms with Crippen molar-refractivity contribution in [1.82, 2.24) is 9.97 Å². The average molecular weight is 364 g/mol. The highest BCUT2D eigenvalue weighted by Crippen LogP contribution is 2.23. The maximum absolute atomic E-state index is 12.0. The van der Waals surface area contributed by atoms with Gasteiger partial charge in [-0.2, -0.15) is 0 Å². The van der Waals surface area contributed by atoms with Gasteiger partial charge in [-0.05, 0) is 36.8 Å². The summed E-state index contributed by atoms with van der Waals surface area (Å²) in [5.41, 5.74) is 3.67. The van der Waals surface area contributed by atoms with Crippen LogP contribution >= 0.6 is 24.2 Å². The molecule has 0 saturated heterocycles. The highest BCUT2D eigenvalue weighted by atomic mass is 35.5. The number of halogens is 1. The Labute approximate surface area is 150 Å². The zero-order valence-electron chi connectivity index (χ0n) is 13.3. The SMILES string of the molecule is COc1ccc2nc(SCC(=O)Nc3cccc(C)c3)[nH]c2c1.Cl. The van der Waals surface area contributed by atoms with Gasteiger partial charge in [-0.15, -0.1) is 12.4 Å². The Morgan fingerprint density at radius 3 is 2.88 bits per heavy atom. The van der Waals surface area contributed by atoms with Crippen LogP contribution in [-0.4, -0.2) is 28.7 Å². The van der Waals surface area contributed by atoms with Crippen molar-refractivity contribution in [2.24, 2.45) is 0 Å². The fourth-order valence-electron chi connectivity index (χ4n) is 2.21. The van der Waals surface area contributed by atoms with Crippen LogP contribution in [0.1, 0.15) is 5.56 Å². The summed E-state index contributed by atoms with van der Waals surface area (Å²) in [6, 6.07) is 13.4. The highest BCUT2D eigenvalue weighted by Gasteiger charge is 2.08. The normalized spacial score (nSPS) is 10.2. The van der Waals surface area contributed by atoms with Crippen LogP contribution in [0, 0.1) is 6.92 Å². The van der Waals surface area contributed by atoms with Crippen molar-refractivity contribution in [2.45, 2.75) is 12.1 Å². The number of aryl methyl sites for hydroxylation is 1. The number of anilines is 1. The third kappa shape index (κ3) is 4.43. The molecule has 1 amide bonds. The van der Waals surface area contributed by atoms with Crippen LogP contribution in [0.15, 0.2) is 47.6 Å². The van der Waals surface area contributed by atoms with E-state index in [4.69, 9.17) is 4.74 Å². The van der Waals surface area contributed by atoms with Crippen molar-refractivity contribution >= 4 is 46.8 Å². The minimum atomic E-state index is -0.0568. The number of imidazole rings is 1. The first kappa shape index (κ1) is 18.2. The number of aromatic nitrogens is 2. The molecule has 0 fully saturated rings. The Bertz CT molecular complexity index is 851. The van der Waals surface area contributed by atoms with Crippen LogP contribution < -0.4 is 10.1 Å². The van der Waals surface area contributed by atoms with Crippen LogP contribution in [0.3, 0.4) is 0 Å². The smallest absolute Gasteiger partial charge is 0.234 e. The number of rotatable bonds is 5. The number of carbonyl (C=O) groups is 1. The van der Waals surface area contributed by atoms with Crippen molar-refractivity contribution in [1.29, 1.82) is 0 Å². The number of methoxy groups -OCH3 is 1. The molecule has 0 aliphatic rings. The molecular weight excluding hydrogens is 346 g/mol. The van der Waals surface area contributed by atoms with Gasteiger partial charge in [0.1, 0.15) is 5.75 Å². The summed E-state index contributed by atoms with van der Waals surface area (Å²) >= 11 is 1.37. The second-order valence-corrected chi connectivity index (χ2v) is 6.10. The zero-order valence-corrected chi connectivity index (χ0v) is 15.0. The second kappa shape index (κ2) is 8.08. The molecule has 0 spiro atoms. The van der Waals surface area contributed by atoms with Gasteiger partial charge in [0.15, 0.2) is 5.16 Å². The summed E-state index contributed by atoms with van der Waals surface area (Å²) in [5.74, 6) is 1.01. The lowest BCUT2D eigenvalue weighted by Crippen LogP contribution is -2.14. The van der Waals surface area contributed by atoms with E-state index in [9.17, 15) is 4.79 Å². The Hall–Kier alpha value is -2.18. The van der Waals surface area contributed by atoms with Crippen LogP contribution in [-0.2, 0) is 4.79 Å². The summed E-state index contributed by atoms with van der Waals surface area (Å²) in [5, 5.41) is 3.60. The fourth-order valence-corrected chi connectivity index (χ4v) is 2.90. The first-order valence-electron chi connectivity index (χ1n) is 7.17. The first-order chi connectivity index (χ1) is 11.1. The van der Waals surface area contributed by atoms with Gasteiger partial charge in [-0.1, -0.05) is 23.9 Å². The third-order valence-electron chi connectivity index (χ3n) is 3.31. The third-order valence-corrected chi connectivity index (χ3v) is 4.18. The molecule has 0 atom stereocenters. The molecule has 5 nitrogen and oxygen atoms in total. The average Bonchev–Trinajstić information content (AvgIpc) is 2.94. The molecule has 3 rings (SSSR count). The molecule has 0 aliphatic carbocycles. The predicted octanol–water partition coefficient (Wildman–Crippen LogP) is 4.03. The molecule has 2 N–H and O–H groups in total. The van der Waals surface area contributed by atoms with Crippen LogP contribution in [0.5, 0.6) is 5.75 Å². The number of hydrogen-bond acceptors (Lipinski definition) is 4. The maximum Gasteiger partial charge on any atom is 0.234 e. The summed E-state index contributed by atoms with van der Waals surface area (Å²) < 4.78 is 5.19. The molecule has 0 radical (unpaired) electrons. The van der Waals surface area contributed by atoms with Gasteiger partial charge < -0.3 is 15.0 Å². The van der Waals surface area contributed by atoms with E-state index in [1.165, 1.54) is 11.8 Å². The Morgan fingerprint density at radius 2 is 2.12 bits per heavy atom. The Kier molecular flexibility index (Phi) is 6.11. The zero-order chi connectivity index (χ0) is 16.2. The minimum absolute atomic E-state index is 0. The van der Waals surface area contributed by atoms with Gasteiger partial charge in [0, 0.05) is 11.8 Å². The molecule has 3 aromatic rings. The number of carbonyl (C=O) groups excluding carboxylic acids is 1. The first-order valence-corrected chi connectivity index (χ1v) is 8.16. The number of nitrogens with one attached hydrogen (secondary N) is 2. The molecule has 126 valence electrons. The maximum atomic E-state index is 12.0. The molecule has 2 aromatic carbocycles. The molecule has 0 bridgehead atoms. The summed E-state index contributed by atoms with van der Waals surface area (Å²) in [6.45, 7) is 1.99. The number of thioether (sulfide) groups is 1. The van der Waals surface area contributed by atoms with E-state index < -0.39 is 0 Å². The monoisotopic (exact) mass is 363 g/mol. The minimum Gasteiger partial charge on any atom is -0.497 e. The molecule has 0 aliphatic heterocycles. The van der Waals surface area contributed by atoms with Crippen molar-refractivity contribution in [2.75, 3.05) is 18.2 Å². The molecule has 0 saturated carbocycles. The van der Waals surface area contributed by atoms with Gasteiger partial charge in [-0.25, -0.2) is 4.98 Å². The Balaban J connectivity index is 0.00000208. The predicted molar refractivity (Wildman–Crippen MR) is 100 cm³/mol. The van der Waals surface area contributed by atoms with E-state index in [1.54, 1.807) is 7.11 Å². The van der Waals surface area contributed by atoms with Crippen molar-refractivity contribution in [3.63, 3.8) is 0 Å². The lowest BCUT2D eigenvalue weighted by Gasteiger charge is -2.04. The van der Waals surface area contributed by atoms with Gasteiger partial charge in [-0.3, -0.25) is 4.79 Å². The van der Waals surface area contributed by atoms with Gasteiger partial charge in [0.2, 0.25) is 5.91 Å². The summed E-state index contributed by atoms with van der Waals surface area (Å²) in [4.78, 5) is 19.7. The number of ether oxygens (including phenoxy) is 1. The number of aromatic amines is 1. The van der Waals surface area contributed by atoms with Crippen LogP contribution in [0.25, 0.3) is 11.0 Å². The number of benzene rings is 2. The number of hydrogen-bond donors (Lipinski definition) is 2. The van der Waals surface area contributed by atoms with E-state index in [2.05, 4.69) is 15.3 Å². The fraction of sp³-hybridized carbons (Fsp3) is 0.176. The van der Waals surface area contributed by atoms with E-state index in [0.717, 1.165) is 28.0 Å². The van der Waals surface area contributed by atoms with Crippen molar-refractivity contribution in [3.05, 3.63) is 48.0 Å². The highest BCUT2D eigenvalue weighted by molar-refractivity contribution is 7.99. The standard InChI is InChI=1S/C17H17N3O2S.ClH/c1-11-4-3-5-12(8-11)18-16(21)10-23-17-19-14-7-6-13(22-2)9-15(14)20-17;/h3-9H,10H2,1-2H3,(H,18,21)(H,19,20);1H. The van der Waals surface area contributed by atoms with Crippen LogP contribution in [0.2, 0.25) is 0 Å². The van der Waals surface area contributed by atoms with E-state index in [1.807, 2.05) is 49.4 Å². The van der Waals surface area contributed by atoms with Crippen molar-refractivity contribution in [3.8, 4) is 5.75 Å². The van der Waals surface area contributed by atoms with E-state index >= 15 is 0 Å². The number of nitrogens with zero attached hydrogens (tertiary/aromatic N) is 1. The molecule has 1 heterocycles. The quantitative estimate of drug-likeness (QED) is 0.671. The van der Waals surface area contributed by atoms with E-state index in [0.29, 0.717) is 10.9 Å². The topological polar surface area (TPSA) is 67.0 Å². The largest absolute Gasteiger partial charge is 0.497 e. The lowest BCUT2D eigenvalue weighted by molar-refractivity contribution is -0.113. The number of H-pyrrole nitrogens is 1. The molecule has 7 heteroatoms. The number of fused-ring (bicyclic) bond motifs is 1. The van der Waals surface area contributed by atoms with E-state index in [-0.39, 0.29) is 18.3 Å². The second-order valence-electron chi connectivity index (χ2n) is 5.13. The van der Waals surface area contributed by atoms with Crippen LogP contribution in [0.4, 0.5) is 5.69 Å². The van der Waals surface area contributed by atoms with Gasteiger partial charge in [0.05, 0.1) is 23.9 Å². The molecule has 24 heavy (non-hydrogen) atoms.